The molecule has 7 heteroatoms. The number of thioether (sulfide) groups is 1. The van der Waals surface area contributed by atoms with Crippen LogP contribution in [-0.4, -0.2) is 44.5 Å². The molecule has 2 aromatic rings. The van der Waals surface area contributed by atoms with Gasteiger partial charge in [-0.3, -0.25) is 14.9 Å². The first-order valence-corrected chi connectivity index (χ1v) is 7.69. The number of aliphatic imine (C=N–C) groups is 1. The fourth-order valence-corrected chi connectivity index (χ4v) is 3.07. The van der Waals surface area contributed by atoms with Gasteiger partial charge in [-0.15, -0.1) is 11.8 Å². The van der Waals surface area contributed by atoms with Gasteiger partial charge in [0.1, 0.15) is 18.2 Å². The lowest BCUT2D eigenvalue weighted by Gasteiger charge is -2.06. The molecule has 21 heavy (non-hydrogen) atoms. The SMILES string of the molecule is O=C(NCCc1ncn[nH]1)C1CSC(c2ccccc2)=N1. The maximum absolute atomic E-state index is 12.1. The van der Waals surface area contributed by atoms with Crippen LogP contribution in [0.4, 0.5) is 0 Å². The zero-order chi connectivity index (χ0) is 14.5. The lowest BCUT2D eigenvalue weighted by Crippen LogP contribution is -2.35. The average Bonchev–Trinajstić information content (AvgIpc) is 3.20. The Labute approximate surface area is 126 Å². The van der Waals surface area contributed by atoms with Gasteiger partial charge in [-0.05, 0) is 0 Å². The van der Waals surface area contributed by atoms with Crippen molar-refractivity contribution in [3.05, 3.63) is 48.0 Å². The molecule has 0 saturated carbocycles. The first-order valence-electron chi connectivity index (χ1n) is 6.71. The van der Waals surface area contributed by atoms with Crippen LogP contribution in [0, 0.1) is 0 Å². The number of amides is 1. The van der Waals surface area contributed by atoms with E-state index in [2.05, 4.69) is 25.5 Å². The number of carbonyl (C=O) groups is 1. The highest BCUT2D eigenvalue weighted by Gasteiger charge is 2.25. The van der Waals surface area contributed by atoms with Gasteiger partial charge in [-0.2, -0.15) is 5.10 Å². The van der Waals surface area contributed by atoms with Crippen molar-refractivity contribution in [2.75, 3.05) is 12.3 Å². The first-order chi connectivity index (χ1) is 10.3. The Morgan fingerprint density at radius 3 is 3.00 bits per heavy atom. The van der Waals surface area contributed by atoms with Gasteiger partial charge in [0.2, 0.25) is 5.91 Å². The molecule has 0 saturated heterocycles. The standard InChI is InChI=1S/C14H15N5OS/c20-13(15-7-6-12-16-9-17-19-12)11-8-21-14(18-11)10-4-2-1-3-5-10/h1-5,9,11H,6-8H2,(H,15,20)(H,16,17,19). The molecule has 1 aliphatic heterocycles. The maximum Gasteiger partial charge on any atom is 0.245 e. The number of H-pyrrole nitrogens is 1. The number of nitrogens with one attached hydrogen (secondary N) is 2. The van der Waals surface area contributed by atoms with Crippen LogP contribution >= 0.6 is 11.8 Å². The molecule has 1 atom stereocenters. The highest BCUT2D eigenvalue weighted by atomic mass is 32.2. The third-order valence-electron chi connectivity index (χ3n) is 3.10. The zero-order valence-corrected chi connectivity index (χ0v) is 12.1. The molecule has 0 aliphatic carbocycles. The second-order valence-corrected chi connectivity index (χ2v) is 5.61. The monoisotopic (exact) mass is 301 g/mol. The van der Waals surface area contributed by atoms with Gasteiger partial charge in [0.25, 0.3) is 0 Å². The van der Waals surface area contributed by atoms with E-state index in [0.29, 0.717) is 18.7 Å². The van der Waals surface area contributed by atoms with E-state index in [0.717, 1.165) is 16.4 Å². The Morgan fingerprint density at radius 1 is 1.38 bits per heavy atom. The molecule has 0 bridgehead atoms. The van der Waals surface area contributed by atoms with Crippen LogP contribution < -0.4 is 5.32 Å². The van der Waals surface area contributed by atoms with Crippen LogP contribution in [0.15, 0.2) is 41.7 Å². The molecule has 2 heterocycles. The van der Waals surface area contributed by atoms with Gasteiger partial charge < -0.3 is 5.32 Å². The number of aromatic amines is 1. The highest BCUT2D eigenvalue weighted by molar-refractivity contribution is 8.14. The second-order valence-electron chi connectivity index (χ2n) is 4.60. The van der Waals surface area contributed by atoms with Crippen molar-refractivity contribution in [1.29, 1.82) is 0 Å². The molecule has 1 aliphatic rings. The minimum Gasteiger partial charge on any atom is -0.354 e. The summed E-state index contributed by atoms with van der Waals surface area (Å²) < 4.78 is 0. The fraction of sp³-hybridized carbons (Fsp3) is 0.286. The van der Waals surface area contributed by atoms with E-state index in [1.807, 2.05) is 30.3 Å². The van der Waals surface area contributed by atoms with Crippen molar-refractivity contribution in [1.82, 2.24) is 20.5 Å². The largest absolute Gasteiger partial charge is 0.354 e. The average molecular weight is 301 g/mol. The van der Waals surface area contributed by atoms with E-state index >= 15 is 0 Å². The Kier molecular flexibility index (Phi) is 4.30. The molecule has 1 aromatic carbocycles. The number of carbonyl (C=O) groups excluding carboxylic acids is 1. The van der Waals surface area contributed by atoms with Gasteiger partial charge in [0.05, 0.1) is 5.04 Å². The summed E-state index contributed by atoms with van der Waals surface area (Å²) in [5.74, 6) is 1.43. The summed E-state index contributed by atoms with van der Waals surface area (Å²) >= 11 is 1.62. The van der Waals surface area contributed by atoms with E-state index in [9.17, 15) is 4.79 Å². The molecule has 0 radical (unpaired) electrons. The van der Waals surface area contributed by atoms with Crippen LogP contribution in [0.1, 0.15) is 11.4 Å². The summed E-state index contributed by atoms with van der Waals surface area (Å²) in [6.07, 6.45) is 2.10. The molecule has 108 valence electrons. The van der Waals surface area contributed by atoms with Crippen LogP contribution in [-0.2, 0) is 11.2 Å². The van der Waals surface area contributed by atoms with Crippen molar-refractivity contribution >= 4 is 22.7 Å². The minimum absolute atomic E-state index is 0.0343. The third kappa shape index (κ3) is 3.49. The molecule has 0 spiro atoms. The topological polar surface area (TPSA) is 83.0 Å². The number of hydrogen-bond acceptors (Lipinski definition) is 5. The maximum atomic E-state index is 12.1. The zero-order valence-electron chi connectivity index (χ0n) is 11.3. The van der Waals surface area contributed by atoms with Crippen LogP contribution in [0.3, 0.4) is 0 Å². The second kappa shape index (κ2) is 6.53. The van der Waals surface area contributed by atoms with E-state index in [1.54, 1.807) is 11.8 Å². The normalized spacial score (nSPS) is 17.5. The summed E-state index contributed by atoms with van der Waals surface area (Å²) in [7, 11) is 0. The van der Waals surface area contributed by atoms with E-state index in [-0.39, 0.29) is 11.9 Å². The van der Waals surface area contributed by atoms with Crippen molar-refractivity contribution < 1.29 is 4.79 Å². The van der Waals surface area contributed by atoms with Gasteiger partial charge in [0.15, 0.2) is 0 Å². The van der Waals surface area contributed by atoms with Crippen LogP contribution in [0.5, 0.6) is 0 Å². The summed E-state index contributed by atoms with van der Waals surface area (Å²) in [5, 5.41) is 10.4. The minimum atomic E-state index is -0.306. The fourth-order valence-electron chi connectivity index (χ4n) is 2.02. The summed E-state index contributed by atoms with van der Waals surface area (Å²) in [4.78, 5) is 20.6. The number of benzene rings is 1. The lowest BCUT2D eigenvalue weighted by atomic mass is 10.2. The van der Waals surface area contributed by atoms with E-state index in [1.165, 1.54) is 6.33 Å². The van der Waals surface area contributed by atoms with E-state index in [4.69, 9.17) is 0 Å². The van der Waals surface area contributed by atoms with Crippen molar-refractivity contribution in [2.24, 2.45) is 4.99 Å². The molecule has 2 N–H and O–H groups in total. The highest BCUT2D eigenvalue weighted by Crippen LogP contribution is 2.23. The molecule has 3 rings (SSSR count). The van der Waals surface area contributed by atoms with E-state index < -0.39 is 0 Å². The predicted molar refractivity (Wildman–Crippen MR) is 82.3 cm³/mol. The van der Waals surface area contributed by atoms with Gasteiger partial charge in [-0.1, -0.05) is 30.3 Å². The predicted octanol–water partition coefficient (Wildman–Crippen LogP) is 1.03. The first kappa shape index (κ1) is 13.8. The van der Waals surface area contributed by atoms with Crippen molar-refractivity contribution in [3.63, 3.8) is 0 Å². The Hall–Kier alpha value is -2.15. The van der Waals surface area contributed by atoms with Crippen LogP contribution in [0.2, 0.25) is 0 Å². The summed E-state index contributed by atoms with van der Waals surface area (Å²) in [6, 6.07) is 9.63. The molecule has 6 nitrogen and oxygen atoms in total. The summed E-state index contributed by atoms with van der Waals surface area (Å²) in [5.41, 5.74) is 1.07. The third-order valence-corrected chi connectivity index (χ3v) is 4.20. The van der Waals surface area contributed by atoms with Crippen molar-refractivity contribution in [3.8, 4) is 0 Å². The Morgan fingerprint density at radius 2 is 2.24 bits per heavy atom. The summed E-state index contributed by atoms with van der Waals surface area (Å²) in [6.45, 7) is 0.533. The van der Waals surface area contributed by atoms with Crippen molar-refractivity contribution in [2.45, 2.75) is 12.5 Å². The Bertz CT molecular complexity index is 626. The van der Waals surface area contributed by atoms with Gasteiger partial charge in [0, 0.05) is 24.3 Å². The van der Waals surface area contributed by atoms with Crippen LogP contribution in [0.25, 0.3) is 0 Å². The molecular weight excluding hydrogens is 286 g/mol. The smallest absolute Gasteiger partial charge is 0.245 e. The number of aromatic nitrogens is 3. The molecular formula is C14H15N5OS. The molecule has 1 unspecified atom stereocenters. The van der Waals surface area contributed by atoms with Gasteiger partial charge in [-0.25, -0.2) is 4.98 Å². The molecule has 1 aromatic heterocycles. The lowest BCUT2D eigenvalue weighted by molar-refractivity contribution is -0.121. The number of rotatable bonds is 5. The van der Waals surface area contributed by atoms with Gasteiger partial charge >= 0.3 is 0 Å². The quantitative estimate of drug-likeness (QED) is 0.864. The number of hydrogen-bond donors (Lipinski definition) is 2. The molecule has 0 fully saturated rings. The Balaban J connectivity index is 1.53. The molecule has 1 amide bonds. The number of nitrogens with zero attached hydrogens (tertiary/aromatic N) is 3.